The normalized spacial score (nSPS) is 16.8. The van der Waals surface area contributed by atoms with Gasteiger partial charge in [-0.25, -0.2) is 0 Å². The average Bonchev–Trinajstić information content (AvgIpc) is 3.43. The van der Waals surface area contributed by atoms with E-state index in [9.17, 15) is 14.9 Å². The number of rotatable bonds is 9. The maximum absolute atomic E-state index is 12.6. The number of nitro groups is 1. The fourth-order valence-corrected chi connectivity index (χ4v) is 4.50. The molecule has 9 nitrogen and oxygen atoms in total. The average molecular weight is 466 g/mol. The van der Waals surface area contributed by atoms with Gasteiger partial charge in [-0.1, -0.05) is 44.7 Å². The number of thioether (sulfide) groups is 1. The third kappa shape index (κ3) is 4.95. The van der Waals surface area contributed by atoms with Gasteiger partial charge in [0.15, 0.2) is 5.84 Å². The summed E-state index contributed by atoms with van der Waals surface area (Å²) in [5.41, 5.74) is 0.310. The molecular weight excluding hydrogens is 442 g/mol. The Hall–Kier alpha value is -3.53. The minimum atomic E-state index is -0.540. The number of hydrazone groups is 1. The van der Waals surface area contributed by atoms with Crippen LogP contribution >= 0.6 is 11.8 Å². The first-order chi connectivity index (χ1) is 16.0. The zero-order valence-corrected chi connectivity index (χ0v) is 18.9. The number of para-hydroxylation sites is 1. The Morgan fingerprint density at radius 3 is 2.76 bits per heavy atom. The number of nitro benzene ring substituents is 1. The van der Waals surface area contributed by atoms with Gasteiger partial charge in [-0.15, -0.1) is 0 Å². The summed E-state index contributed by atoms with van der Waals surface area (Å²) in [7, 11) is 0. The molecule has 3 heterocycles. The number of hydrogen-bond donors (Lipinski definition) is 1. The zero-order valence-electron chi connectivity index (χ0n) is 18.1. The molecule has 0 atom stereocenters. The summed E-state index contributed by atoms with van der Waals surface area (Å²) in [6, 6.07) is 9.46. The first kappa shape index (κ1) is 22.7. The van der Waals surface area contributed by atoms with E-state index in [-0.39, 0.29) is 17.1 Å². The SMILES string of the molecule is CCCCCCCC1=NN2C(=N)/C(=C\c3ccc(-c4ccccc4[N+](=O)[O-])o3)C(=O)N=C2S1. The first-order valence-corrected chi connectivity index (χ1v) is 11.6. The molecule has 33 heavy (non-hydrogen) atoms. The third-order valence-corrected chi connectivity index (χ3v) is 6.24. The van der Waals surface area contributed by atoms with E-state index in [1.54, 1.807) is 30.3 Å². The molecule has 170 valence electrons. The maximum Gasteiger partial charge on any atom is 0.283 e. The van der Waals surface area contributed by atoms with Crippen LogP contribution in [0.15, 0.2) is 56.5 Å². The van der Waals surface area contributed by atoms with E-state index < -0.39 is 10.8 Å². The van der Waals surface area contributed by atoms with Gasteiger partial charge in [0.1, 0.15) is 16.6 Å². The lowest BCUT2D eigenvalue weighted by atomic mass is 10.1. The summed E-state index contributed by atoms with van der Waals surface area (Å²) in [5, 5.41) is 26.9. The van der Waals surface area contributed by atoms with Crippen LogP contribution in [0.4, 0.5) is 5.69 Å². The number of carbonyl (C=O) groups is 1. The molecule has 2 aliphatic heterocycles. The molecule has 1 amide bonds. The molecule has 0 fully saturated rings. The minimum absolute atomic E-state index is 0.0516. The van der Waals surface area contributed by atoms with Gasteiger partial charge in [0, 0.05) is 6.07 Å². The summed E-state index contributed by atoms with van der Waals surface area (Å²) in [6.07, 6.45) is 7.96. The van der Waals surface area contributed by atoms with Crippen LogP contribution in [0.3, 0.4) is 0 Å². The molecule has 0 radical (unpaired) electrons. The van der Waals surface area contributed by atoms with Crippen LogP contribution in [0, 0.1) is 15.5 Å². The van der Waals surface area contributed by atoms with Crippen molar-refractivity contribution in [3.8, 4) is 11.3 Å². The van der Waals surface area contributed by atoms with Gasteiger partial charge in [0.25, 0.3) is 11.6 Å². The van der Waals surface area contributed by atoms with Crippen molar-refractivity contribution >= 4 is 45.5 Å². The Kier molecular flexibility index (Phi) is 6.83. The Morgan fingerprint density at radius 1 is 1.18 bits per heavy atom. The highest BCUT2D eigenvalue weighted by Gasteiger charge is 2.35. The van der Waals surface area contributed by atoms with Crippen molar-refractivity contribution in [1.82, 2.24) is 5.01 Å². The van der Waals surface area contributed by atoms with Crippen molar-refractivity contribution in [2.24, 2.45) is 10.1 Å². The number of unbranched alkanes of at least 4 members (excludes halogenated alkanes) is 4. The lowest BCUT2D eigenvalue weighted by molar-refractivity contribution is -0.384. The van der Waals surface area contributed by atoms with Crippen LogP contribution < -0.4 is 0 Å². The number of amides is 1. The minimum Gasteiger partial charge on any atom is -0.456 e. The number of aliphatic imine (C=N–C) groups is 1. The highest BCUT2D eigenvalue weighted by Crippen LogP contribution is 2.33. The lowest BCUT2D eigenvalue weighted by Crippen LogP contribution is -2.35. The van der Waals surface area contributed by atoms with Crippen LogP contribution in [-0.2, 0) is 4.79 Å². The van der Waals surface area contributed by atoms with Crippen molar-refractivity contribution in [2.45, 2.75) is 45.4 Å². The number of carbonyl (C=O) groups excluding carboxylic acids is 1. The summed E-state index contributed by atoms with van der Waals surface area (Å²) >= 11 is 1.33. The van der Waals surface area contributed by atoms with Gasteiger partial charge < -0.3 is 4.42 Å². The van der Waals surface area contributed by atoms with Crippen LogP contribution in [0.1, 0.15) is 51.2 Å². The van der Waals surface area contributed by atoms with Crippen LogP contribution in [0.2, 0.25) is 0 Å². The van der Waals surface area contributed by atoms with Crippen LogP contribution in [-0.4, -0.2) is 31.9 Å². The predicted molar refractivity (Wildman–Crippen MR) is 129 cm³/mol. The second-order valence-corrected chi connectivity index (χ2v) is 8.69. The smallest absolute Gasteiger partial charge is 0.283 e. The highest BCUT2D eigenvalue weighted by molar-refractivity contribution is 8.26. The summed E-state index contributed by atoms with van der Waals surface area (Å²) in [4.78, 5) is 27.5. The second-order valence-electron chi connectivity index (χ2n) is 7.65. The van der Waals surface area contributed by atoms with Crippen molar-refractivity contribution < 1.29 is 14.1 Å². The number of amidine groups is 2. The summed E-state index contributed by atoms with van der Waals surface area (Å²) in [5.74, 6) is -0.0148. The van der Waals surface area contributed by atoms with Crippen molar-refractivity contribution in [1.29, 1.82) is 5.41 Å². The summed E-state index contributed by atoms with van der Waals surface area (Å²) < 4.78 is 5.74. The molecular formula is C23H23N5O4S. The van der Waals surface area contributed by atoms with Gasteiger partial charge in [0.2, 0.25) is 5.17 Å². The van der Waals surface area contributed by atoms with Gasteiger partial charge in [-0.05, 0) is 48.9 Å². The van der Waals surface area contributed by atoms with Gasteiger partial charge in [0.05, 0.1) is 16.1 Å². The third-order valence-electron chi connectivity index (χ3n) is 5.27. The number of benzene rings is 1. The summed E-state index contributed by atoms with van der Waals surface area (Å²) in [6.45, 7) is 2.18. The lowest BCUT2D eigenvalue weighted by Gasteiger charge is -2.19. The fraction of sp³-hybridized carbons (Fsp3) is 0.304. The molecule has 0 spiro atoms. The number of nitrogens with one attached hydrogen (secondary N) is 1. The Bertz CT molecular complexity index is 1200. The highest BCUT2D eigenvalue weighted by atomic mass is 32.2. The van der Waals surface area contributed by atoms with Gasteiger partial charge in [-0.2, -0.15) is 15.1 Å². The Morgan fingerprint density at radius 2 is 1.97 bits per heavy atom. The molecule has 0 unspecified atom stereocenters. The molecule has 2 aliphatic rings. The zero-order chi connectivity index (χ0) is 23.4. The second kappa shape index (κ2) is 9.95. The molecule has 0 aliphatic carbocycles. The van der Waals surface area contributed by atoms with E-state index in [2.05, 4.69) is 17.0 Å². The van der Waals surface area contributed by atoms with Crippen molar-refractivity contribution in [3.05, 3.63) is 57.8 Å². The Balaban J connectivity index is 1.51. The van der Waals surface area contributed by atoms with Crippen molar-refractivity contribution in [2.75, 3.05) is 0 Å². The molecule has 0 saturated heterocycles. The Labute approximate surface area is 194 Å². The topological polar surface area (TPSA) is 125 Å². The largest absolute Gasteiger partial charge is 0.456 e. The fourth-order valence-electron chi connectivity index (χ4n) is 3.57. The number of hydrogen-bond acceptors (Lipinski definition) is 7. The molecule has 0 bridgehead atoms. The molecule has 4 rings (SSSR count). The standard InChI is InChI=1S/C23H23N5O4S/c1-2-3-4-5-6-11-20-26-27-21(24)17(22(29)25-23(27)33-20)14-15-12-13-19(32-15)16-9-7-8-10-18(16)28(30)31/h7-10,12-14,24H,2-6,11H2,1H3/b17-14+,24-21?. The molecule has 1 aromatic heterocycles. The molecule has 10 heteroatoms. The molecule has 1 N–H and O–H groups in total. The number of furan rings is 1. The van der Waals surface area contributed by atoms with Crippen molar-refractivity contribution in [3.63, 3.8) is 0 Å². The van der Waals surface area contributed by atoms with E-state index >= 15 is 0 Å². The van der Waals surface area contributed by atoms with E-state index in [0.717, 1.165) is 24.3 Å². The molecule has 0 saturated carbocycles. The number of nitrogens with zero attached hydrogens (tertiary/aromatic N) is 4. The first-order valence-electron chi connectivity index (χ1n) is 10.8. The van der Waals surface area contributed by atoms with Crippen LogP contribution in [0.5, 0.6) is 0 Å². The van der Waals surface area contributed by atoms with E-state index in [1.165, 1.54) is 48.2 Å². The van der Waals surface area contributed by atoms with E-state index in [4.69, 9.17) is 9.83 Å². The van der Waals surface area contributed by atoms with Gasteiger partial charge in [-0.3, -0.25) is 20.3 Å². The van der Waals surface area contributed by atoms with E-state index in [0.29, 0.717) is 22.3 Å². The monoisotopic (exact) mass is 465 g/mol. The number of fused-ring (bicyclic) bond motifs is 1. The maximum atomic E-state index is 12.6. The van der Waals surface area contributed by atoms with Crippen LogP contribution in [0.25, 0.3) is 17.4 Å². The molecule has 2 aromatic rings. The van der Waals surface area contributed by atoms with Gasteiger partial charge >= 0.3 is 0 Å². The van der Waals surface area contributed by atoms with E-state index in [1.807, 2.05) is 0 Å². The predicted octanol–water partition coefficient (Wildman–Crippen LogP) is 5.83. The molecule has 1 aromatic carbocycles. The quantitative estimate of drug-likeness (QED) is 0.215.